The SMILES string of the molecule is NNC(c1cc(Cl)ccc1Cl)C1CCc2ccccc21. The lowest BCUT2D eigenvalue weighted by Crippen LogP contribution is -2.32. The van der Waals surface area contributed by atoms with Crippen LogP contribution < -0.4 is 11.3 Å². The van der Waals surface area contributed by atoms with Crippen LogP contribution in [0.4, 0.5) is 0 Å². The van der Waals surface area contributed by atoms with Crippen molar-refractivity contribution >= 4 is 23.2 Å². The van der Waals surface area contributed by atoms with Gasteiger partial charge in [-0.2, -0.15) is 0 Å². The van der Waals surface area contributed by atoms with Gasteiger partial charge in [0, 0.05) is 16.0 Å². The van der Waals surface area contributed by atoms with Gasteiger partial charge in [-0.05, 0) is 47.7 Å². The Bertz CT molecular complexity index is 628. The van der Waals surface area contributed by atoms with Crippen molar-refractivity contribution in [1.82, 2.24) is 5.43 Å². The largest absolute Gasteiger partial charge is 0.271 e. The molecule has 0 saturated carbocycles. The molecule has 0 heterocycles. The van der Waals surface area contributed by atoms with Crippen molar-refractivity contribution < 1.29 is 0 Å². The molecule has 2 unspecified atom stereocenters. The van der Waals surface area contributed by atoms with E-state index in [1.807, 2.05) is 12.1 Å². The fourth-order valence-electron chi connectivity index (χ4n) is 3.11. The van der Waals surface area contributed by atoms with Crippen molar-refractivity contribution in [1.29, 1.82) is 0 Å². The van der Waals surface area contributed by atoms with Crippen molar-refractivity contribution in [3.8, 4) is 0 Å². The molecule has 0 aliphatic heterocycles. The maximum atomic E-state index is 6.32. The number of fused-ring (bicyclic) bond motifs is 1. The second-order valence-electron chi connectivity index (χ2n) is 5.15. The quantitative estimate of drug-likeness (QED) is 0.658. The molecule has 2 aromatic rings. The monoisotopic (exact) mass is 306 g/mol. The van der Waals surface area contributed by atoms with Gasteiger partial charge in [0.2, 0.25) is 0 Å². The maximum Gasteiger partial charge on any atom is 0.0543 e. The average molecular weight is 307 g/mol. The molecule has 0 bridgehead atoms. The lowest BCUT2D eigenvalue weighted by Gasteiger charge is -2.25. The van der Waals surface area contributed by atoms with Crippen LogP contribution in [0, 0.1) is 0 Å². The fourth-order valence-corrected chi connectivity index (χ4v) is 3.53. The summed E-state index contributed by atoms with van der Waals surface area (Å²) >= 11 is 12.4. The van der Waals surface area contributed by atoms with E-state index < -0.39 is 0 Å². The van der Waals surface area contributed by atoms with Gasteiger partial charge in [0.15, 0.2) is 0 Å². The van der Waals surface area contributed by atoms with Gasteiger partial charge in [0.25, 0.3) is 0 Å². The topological polar surface area (TPSA) is 38.0 Å². The van der Waals surface area contributed by atoms with Crippen LogP contribution in [-0.4, -0.2) is 0 Å². The minimum Gasteiger partial charge on any atom is -0.271 e. The fraction of sp³-hybridized carbons (Fsp3) is 0.250. The summed E-state index contributed by atoms with van der Waals surface area (Å²) in [6.45, 7) is 0. The van der Waals surface area contributed by atoms with E-state index in [0.29, 0.717) is 16.0 Å². The molecule has 2 atom stereocenters. The highest BCUT2D eigenvalue weighted by Crippen LogP contribution is 2.43. The van der Waals surface area contributed by atoms with Crippen molar-refractivity contribution in [3.05, 3.63) is 69.2 Å². The molecule has 0 radical (unpaired) electrons. The molecule has 0 amide bonds. The van der Waals surface area contributed by atoms with Crippen molar-refractivity contribution in [2.75, 3.05) is 0 Å². The van der Waals surface area contributed by atoms with Crippen LogP contribution in [0.2, 0.25) is 10.0 Å². The molecular weight excluding hydrogens is 291 g/mol. The molecule has 0 spiro atoms. The van der Waals surface area contributed by atoms with E-state index in [2.05, 4.69) is 29.7 Å². The molecule has 3 rings (SSSR count). The number of hydrogen-bond donors (Lipinski definition) is 2. The molecule has 2 aromatic carbocycles. The van der Waals surface area contributed by atoms with Crippen molar-refractivity contribution in [2.45, 2.75) is 24.8 Å². The number of hydrazine groups is 1. The Labute approximate surface area is 128 Å². The molecule has 1 aliphatic rings. The number of nitrogens with one attached hydrogen (secondary N) is 1. The lowest BCUT2D eigenvalue weighted by molar-refractivity contribution is 0.453. The number of halogens is 2. The minimum atomic E-state index is -0.0233. The summed E-state index contributed by atoms with van der Waals surface area (Å²) in [5.74, 6) is 6.14. The standard InChI is InChI=1S/C16H16Cl2N2/c17-11-6-8-15(18)14(9-11)16(20-19)13-7-5-10-3-1-2-4-12(10)13/h1-4,6,8-9,13,16,20H,5,7,19H2. The molecule has 0 saturated heterocycles. The summed E-state index contributed by atoms with van der Waals surface area (Å²) in [4.78, 5) is 0. The minimum absolute atomic E-state index is 0.0233. The highest BCUT2D eigenvalue weighted by Gasteiger charge is 2.31. The van der Waals surface area contributed by atoms with Crippen LogP contribution in [0.5, 0.6) is 0 Å². The van der Waals surface area contributed by atoms with Crippen molar-refractivity contribution in [3.63, 3.8) is 0 Å². The summed E-state index contributed by atoms with van der Waals surface area (Å²) < 4.78 is 0. The first-order valence-corrected chi connectivity index (χ1v) is 7.45. The predicted octanol–water partition coefficient (Wildman–Crippen LogP) is 4.23. The number of benzene rings is 2. The normalized spacial score (nSPS) is 18.9. The summed E-state index contributed by atoms with van der Waals surface area (Å²) in [5.41, 5.74) is 6.64. The first-order chi connectivity index (χ1) is 9.70. The van der Waals surface area contributed by atoms with E-state index in [-0.39, 0.29) is 6.04 Å². The zero-order valence-electron chi connectivity index (χ0n) is 10.9. The molecule has 0 fully saturated rings. The second-order valence-corrected chi connectivity index (χ2v) is 6.00. The van der Waals surface area contributed by atoms with E-state index in [0.717, 1.165) is 18.4 Å². The van der Waals surface area contributed by atoms with Gasteiger partial charge in [-0.25, -0.2) is 0 Å². The second kappa shape index (κ2) is 5.74. The van der Waals surface area contributed by atoms with E-state index >= 15 is 0 Å². The number of rotatable bonds is 3. The van der Waals surface area contributed by atoms with Gasteiger partial charge < -0.3 is 0 Å². The van der Waals surface area contributed by atoms with Gasteiger partial charge in [-0.1, -0.05) is 47.5 Å². The molecule has 20 heavy (non-hydrogen) atoms. The van der Waals surface area contributed by atoms with Crippen LogP contribution in [0.15, 0.2) is 42.5 Å². The maximum absolute atomic E-state index is 6.32. The summed E-state index contributed by atoms with van der Waals surface area (Å²) in [5, 5.41) is 1.37. The van der Waals surface area contributed by atoms with Crippen molar-refractivity contribution in [2.24, 2.45) is 5.84 Å². The predicted molar refractivity (Wildman–Crippen MR) is 84.0 cm³/mol. The summed E-state index contributed by atoms with van der Waals surface area (Å²) in [6, 6.07) is 14.0. The highest BCUT2D eigenvalue weighted by molar-refractivity contribution is 6.33. The van der Waals surface area contributed by atoms with Gasteiger partial charge in [0.1, 0.15) is 0 Å². The Morgan fingerprint density at radius 2 is 1.95 bits per heavy atom. The molecule has 1 aliphatic carbocycles. The van der Waals surface area contributed by atoms with Gasteiger partial charge in [-0.15, -0.1) is 0 Å². The number of nitrogens with two attached hydrogens (primary N) is 1. The Kier molecular flexibility index (Phi) is 3.99. The van der Waals surface area contributed by atoms with E-state index in [1.165, 1.54) is 11.1 Å². The molecule has 4 heteroatoms. The Morgan fingerprint density at radius 1 is 1.15 bits per heavy atom. The summed E-state index contributed by atoms with van der Waals surface area (Å²) in [6.07, 6.45) is 2.15. The number of hydrogen-bond acceptors (Lipinski definition) is 2. The Hall–Kier alpha value is -1.06. The Balaban J connectivity index is 2.01. The molecule has 0 aromatic heterocycles. The molecular formula is C16H16Cl2N2. The zero-order valence-corrected chi connectivity index (χ0v) is 12.5. The van der Waals surface area contributed by atoms with Crippen LogP contribution in [0.25, 0.3) is 0 Å². The number of aryl methyl sites for hydroxylation is 1. The molecule has 2 nitrogen and oxygen atoms in total. The third kappa shape index (κ3) is 2.45. The molecule has 3 N–H and O–H groups in total. The van der Waals surface area contributed by atoms with E-state index in [9.17, 15) is 0 Å². The smallest absolute Gasteiger partial charge is 0.0543 e. The van der Waals surface area contributed by atoms with Gasteiger partial charge in [-0.3, -0.25) is 11.3 Å². The van der Waals surface area contributed by atoms with Gasteiger partial charge in [0.05, 0.1) is 6.04 Å². The van der Waals surface area contributed by atoms with Crippen LogP contribution in [0.3, 0.4) is 0 Å². The highest BCUT2D eigenvalue weighted by atomic mass is 35.5. The first kappa shape index (κ1) is 13.9. The van der Waals surface area contributed by atoms with Crippen LogP contribution in [-0.2, 0) is 6.42 Å². The Morgan fingerprint density at radius 3 is 2.75 bits per heavy atom. The van der Waals surface area contributed by atoms with Gasteiger partial charge >= 0.3 is 0 Å². The van der Waals surface area contributed by atoms with E-state index in [1.54, 1.807) is 6.07 Å². The zero-order chi connectivity index (χ0) is 14.1. The third-order valence-corrected chi connectivity index (χ3v) is 4.63. The summed E-state index contributed by atoms with van der Waals surface area (Å²) in [7, 11) is 0. The van der Waals surface area contributed by atoms with Crippen LogP contribution >= 0.6 is 23.2 Å². The molecule has 104 valence electrons. The van der Waals surface area contributed by atoms with E-state index in [4.69, 9.17) is 29.0 Å². The van der Waals surface area contributed by atoms with Crippen LogP contribution in [0.1, 0.15) is 35.1 Å². The first-order valence-electron chi connectivity index (χ1n) is 6.69. The average Bonchev–Trinajstić information content (AvgIpc) is 2.88. The third-order valence-electron chi connectivity index (χ3n) is 4.05. The lowest BCUT2D eigenvalue weighted by atomic mass is 9.88.